The predicted molar refractivity (Wildman–Crippen MR) is 41.1 cm³/mol. The van der Waals surface area contributed by atoms with Gasteiger partial charge in [0.25, 0.3) is 0 Å². The van der Waals surface area contributed by atoms with E-state index in [2.05, 4.69) is 23.3 Å². The molecule has 0 aromatic rings. The quantitative estimate of drug-likeness (QED) is 0.491. The second-order valence-electron chi connectivity index (χ2n) is 1.66. The maximum absolute atomic E-state index is 10.5. The van der Waals surface area contributed by atoms with Gasteiger partial charge in [-0.05, 0) is 0 Å². The molecule has 5 heteroatoms. The van der Waals surface area contributed by atoms with Crippen molar-refractivity contribution in [3.63, 3.8) is 0 Å². The Balaban J connectivity index is 3.35. The lowest BCUT2D eigenvalue weighted by Crippen LogP contribution is -2.38. The summed E-state index contributed by atoms with van der Waals surface area (Å²) in [5.74, 6) is 0.197. The van der Waals surface area contributed by atoms with Gasteiger partial charge in [-0.3, -0.25) is 10.1 Å². The van der Waals surface area contributed by atoms with E-state index in [4.69, 9.17) is 0 Å². The van der Waals surface area contributed by atoms with Crippen molar-refractivity contribution in [1.29, 1.82) is 0 Å². The third kappa shape index (κ3) is 5.43. The van der Waals surface area contributed by atoms with E-state index < -0.39 is 6.03 Å². The van der Waals surface area contributed by atoms with Crippen LogP contribution < -0.4 is 10.6 Å². The summed E-state index contributed by atoms with van der Waals surface area (Å²) >= 11 is 3.86. The number of hydrogen-bond donors (Lipinski definition) is 3. The Hall–Kier alpha value is -0.710. The topological polar surface area (TPSA) is 58.2 Å². The van der Waals surface area contributed by atoms with Gasteiger partial charge < -0.3 is 5.32 Å². The second kappa shape index (κ2) is 5.10. The van der Waals surface area contributed by atoms with Gasteiger partial charge in [-0.1, -0.05) is 0 Å². The molecule has 0 saturated carbocycles. The first-order valence-corrected chi connectivity index (χ1v) is 3.46. The normalized spacial score (nSPS) is 8.60. The van der Waals surface area contributed by atoms with Gasteiger partial charge in [-0.15, -0.1) is 0 Å². The number of carbonyl (C=O) groups excluding carboxylic acids is 2. The number of thiol groups is 1. The molecule has 0 atom stereocenters. The van der Waals surface area contributed by atoms with E-state index in [-0.39, 0.29) is 5.91 Å². The molecule has 0 aliphatic heterocycles. The van der Waals surface area contributed by atoms with Gasteiger partial charge >= 0.3 is 6.03 Å². The fourth-order valence-electron chi connectivity index (χ4n) is 0.374. The van der Waals surface area contributed by atoms with Crippen molar-refractivity contribution in [2.45, 2.75) is 6.92 Å². The van der Waals surface area contributed by atoms with E-state index >= 15 is 0 Å². The van der Waals surface area contributed by atoms with Crippen molar-refractivity contribution in [1.82, 2.24) is 10.6 Å². The zero-order valence-electron chi connectivity index (χ0n) is 5.68. The first-order valence-electron chi connectivity index (χ1n) is 2.83. The summed E-state index contributed by atoms with van der Waals surface area (Å²) in [5, 5.41) is 4.47. The van der Waals surface area contributed by atoms with Crippen molar-refractivity contribution in [3.8, 4) is 0 Å². The molecule has 0 fully saturated rings. The standard InChI is InChI=1S/C5H10N2O2S/c1-4(8)7-5(9)6-2-3-10/h10H,2-3H2,1H3,(H2,6,7,8,9). The molecule has 0 aromatic heterocycles. The van der Waals surface area contributed by atoms with E-state index in [9.17, 15) is 9.59 Å². The molecule has 4 nitrogen and oxygen atoms in total. The average molecular weight is 162 g/mol. The monoisotopic (exact) mass is 162 g/mol. The fraction of sp³-hybridized carbons (Fsp3) is 0.600. The summed E-state index contributed by atoms with van der Waals surface area (Å²) < 4.78 is 0. The first kappa shape index (κ1) is 9.29. The second-order valence-corrected chi connectivity index (χ2v) is 2.11. The number of rotatable bonds is 2. The van der Waals surface area contributed by atoms with Crippen molar-refractivity contribution < 1.29 is 9.59 Å². The predicted octanol–water partition coefficient (Wildman–Crippen LogP) is -0.238. The zero-order valence-corrected chi connectivity index (χ0v) is 6.57. The van der Waals surface area contributed by atoms with Gasteiger partial charge in [0, 0.05) is 19.2 Å². The number of imide groups is 1. The first-order chi connectivity index (χ1) is 4.66. The number of urea groups is 1. The Kier molecular flexibility index (Phi) is 4.74. The van der Waals surface area contributed by atoms with Crippen LogP contribution in [0.15, 0.2) is 0 Å². The largest absolute Gasteiger partial charge is 0.337 e. The Labute approximate surface area is 64.8 Å². The van der Waals surface area contributed by atoms with Crippen LogP contribution in [0.4, 0.5) is 4.79 Å². The Bertz CT molecular complexity index is 138. The van der Waals surface area contributed by atoms with Crippen molar-refractivity contribution in [2.75, 3.05) is 12.3 Å². The van der Waals surface area contributed by atoms with Crippen molar-refractivity contribution in [3.05, 3.63) is 0 Å². The molecule has 0 unspecified atom stereocenters. The van der Waals surface area contributed by atoms with Crippen LogP contribution in [0, 0.1) is 0 Å². The van der Waals surface area contributed by atoms with Crippen LogP contribution in [0.2, 0.25) is 0 Å². The summed E-state index contributed by atoms with van der Waals surface area (Å²) in [7, 11) is 0. The lowest BCUT2D eigenvalue weighted by atomic mass is 10.7. The fourth-order valence-corrected chi connectivity index (χ4v) is 0.485. The van der Waals surface area contributed by atoms with Crippen LogP contribution in [-0.4, -0.2) is 24.2 Å². The number of nitrogens with one attached hydrogen (secondary N) is 2. The number of hydrogen-bond acceptors (Lipinski definition) is 3. The summed E-state index contributed by atoms with van der Waals surface area (Å²) in [6.07, 6.45) is 0. The summed E-state index contributed by atoms with van der Waals surface area (Å²) in [4.78, 5) is 20.8. The van der Waals surface area contributed by atoms with Gasteiger partial charge in [-0.2, -0.15) is 12.6 Å². The third-order valence-electron chi connectivity index (χ3n) is 0.687. The van der Waals surface area contributed by atoms with Gasteiger partial charge in [-0.25, -0.2) is 4.79 Å². The van der Waals surface area contributed by atoms with E-state index in [0.717, 1.165) is 0 Å². The molecule has 0 heterocycles. The van der Waals surface area contributed by atoms with Crippen LogP contribution in [-0.2, 0) is 4.79 Å². The van der Waals surface area contributed by atoms with E-state index in [1.165, 1.54) is 6.92 Å². The minimum Gasteiger partial charge on any atom is -0.337 e. The van der Waals surface area contributed by atoms with Gasteiger partial charge in [0.15, 0.2) is 0 Å². The Morgan fingerprint density at radius 3 is 2.50 bits per heavy atom. The Morgan fingerprint density at radius 1 is 1.50 bits per heavy atom. The van der Waals surface area contributed by atoms with Gasteiger partial charge in [0.05, 0.1) is 0 Å². The van der Waals surface area contributed by atoms with E-state index in [0.29, 0.717) is 12.3 Å². The maximum atomic E-state index is 10.5. The zero-order chi connectivity index (χ0) is 7.98. The highest BCUT2D eigenvalue weighted by Crippen LogP contribution is 1.69. The summed E-state index contributed by atoms with van der Waals surface area (Å²) in [6.45, 7) is 1.74. The van der Waals surface area contributed by atoms with Crippen LogP contribution in [0.1, 0.15) is 6.92 Å². The van der Waals surface area contributed by atoms with Crippen molar-refractivity contribution >= 4 is 24.6 Å². The highest BCUT2D eigenvalue weighted by atomic mass is 32.1. The molecule has 2 N–H and O–H groups in total. The molecular formula is C5H10N2O2S. The minimum atomic E-state index is -0.471. The Morgan fingerprint density at radius 2 is 2.10 bits per heavy atom. The van der Waals surface area contributed by atoms with Gasteiger partial charge in [0.2, 0.25) is 5.91 Å². The minimum absolute atomic E-state index is 0.364. The summed E-state index contributed by atoms with van der Waals surface area (Å²) in [5.41, 5.74) is 0. The highest BCUT2D eigenvalue weighted by molar-refractivity contribution is 7.80. The molecule has 0 bridgehead atoms. The van der Waals surface area contributed by atoms with Crippen LogP contribution in [0.3, 0.4) is 0 Å². The molecule has 10 heavy (non-hydrogen) atoms. The molecule has 0 aliphatic rings. The molecule has 0 saturated heterocycles. The molecule has 0 rings (SSSR count). The molecule has 3 amide bonds. The summed E-state index contributed by atoms with van der Waals surface area (Å²) in [6, 6.07) is -0.471. The molecule has 0 aliphatic carbocycles. The highest BCUT2D eigenvalue weighted by Gasteiger charge is 1.98. The maximum Gasteiger partial charge on any atom is 0.321 e. The van der Waals surface area contributed by atoms with E-state index in [1.54, 1.807) is 0 Å². The third-order valence-corrected chi connectivity index (χ3v) is 0.911. The molecule has 0 radical (unpaired) electrons. The van der Waals surface area contributed by atoms with Crippen LogP contribution >= 0.6 is 12.6 Å². The number of amides is 3. The molecular weight excluding hydrogens is 152 g/mol. The van der Waals surface area contributed by atoms with Crippen molar-refractivity contribution in [2.24, 2.45) is 0 Å². The molecule has 0 spiro atoms. The SMILES string of the molecule is CC(=O)NC(=O)NCCS. The average Bonchev–Trinajstić information content (AvgIpc) is 1.82. The molecule has 0 aromatic carbocycles. The van der Waals surface area contributed by atoms with Crippen LogP contribution in [0.25, 0.3) is 0 Å². The number of carbonyl (C=O) groups is 2. The lowest BCUT2D eigenvalue weighted by molar-refractivity contribution is -0.117. The van der Waals surface area contributed by atoms with Gasteiger partial charge in [0.1, 0.15) is 0 Å². The smallest absolute Gasteiger partial charge is 0.321 e. The van der Waals surface area contributed by atoms with E-state index in [1.807, 2.05) is 0 Å². The van der Waals surface area contributed by atoms with Crippen LogP contribution in [0.5, 0.6) is 0 Å². The lowest BCUT2D eigenvalue weighted by Gasteiger charge is -2.00. The molecule has 58 valence electrons.